The molecule has 8 nitrogen and oxygen atoms in total. The summed E-state index contributed by atoms with van der Waals surface area (Å²) < 4.78 is 10.8. The van der Waals surface area contributed by atoms with Gasteiger partial charge >= 0.3 is 0 Å². The number of benzene rings is 2. The number of fused-ring (bicyclic) bond motifs is 7. The SMILES string of the molecule is COc1ccc(OC)c(N2C(=O)C3C4CCCN4C4(C(=O)Nc5c4ccc(C)c5C)C3C2=O)c1. The van der Waals surface area contributed by atoms with E-state index in [1.54, 1.807) is 18.2 Å². The highest BCUT2D eigenvalue weighted by molar-refractivity contribution is 6.26. The molecule has 1 N–H and O–H groups in total. The van der Waals surface area contributed by atoms with E-state index in [0.717, 1.165) is 35.2 Å². The van der Waals surface area contributed by atoms with Crippen molar-refractivity contribution >= 4 is 29.1 Å². The highest BCUT2D eigenvalue weighted by Gasteiger charge is 2.74. The van der Waals surface area contributed by atoms with Crippen LogP contribution in [0, 0.1) is 25.7 Å². The van der Waals surface area contributed by atoms with E-state index >= 15 is 0 Å². The molecule has 4 unspecified atom stereocenters. The third-order valence-electron chi connectivity index (χ3n) is 8.33. The summed E-state index contributed by atoms with van der Waals surface area (Å²) >= 11 is 0. The number of ether oxygens (including phenoxy) is 2. The lowest BCUT2D eigenvalue weighted by Gasteiger charge is -2.36. The zero-order valence-corrected chi connectivity index (χ0v) is 19.7. The lowest BCUT2D eigenvalue weighted by atomic mass is 9.75. The molecule has 2 aromatic rings. The van der Waals surface area contributed by atoms with Gasteiger partial charge in [-0.3, -0.25) is 19.3 Å². The van der Waals surface area contributed by atoms with E-state index in [-0.39, 0.29) is 23.8 Å². The standard InChI is InChI=1S/C26H27N3O5/c1-13-7-9-16-22(14(13)2)27-25(32)26(16)21-20(17-6-5-11-28(17)26)23(30)29(24(21)31)18-12-15(33-3)8-10-19(18)34-4/h7-10,12,17,20-21H,5-6,11H2,1-4H3,(H,27,32). The summed E-state index contributed by atoms with van der Waals surface area (Å²) in [6.45, 7) is 4.67. The van der Waals surface area contributed by atoms with Crippen LogP contribution in [0.5, 0.6) is 11.5 Å². The first-order valence-electron chi connectivity index (χ1n) is 11.6. The lowest BCUT2D eigenvalue weighted by molar-refractivity contribution is -0.135. The van der Waals surface area contributed by atoms with Crippen LogP contribution in [0.4, 0.5) is 11.4 Å². The van der Waals surface area contributed by atoms with Gasteiger partial charge in [-0.1, -0.05) is 12.1 Å². The van der Waals surface area contributed by atoms with Crippen molar-refractivity contribution in [3.8, 4) is 11.5 Å². The molecule has 0 saturated carbocycles. The van der Waals surface area contributed by atoms with E-state index in [9.17, 15) is 14.4 Å². The molecule has 4 aliphatic rings. The van der Waals surface area contributed by atoms with Gasteiger partial charge in [-0.2, -0.15) is 0 Å². The second-order valence-corrected chi connectivity index (χ2v) is 9.61. The van der Waals surface area contributed by atoms with E-state index < -0.39 is 17.4 Å². The first-order chi connectivity index (χ1) is 16.4. The van der Waals surface area contributed by atoms with Gasteiger partial charge in [0.25, 0.3) is 0 Å². The van der Waals surface area contributed by atoms with Crippen LogP contribution in [0.2, 0.25) is 0 Å². The minimum absolute atomic E-state index is 0.165. The molecule has 3 amide bonds. The van der Waals surface area contributed by atoms with Crippen molar-refractivity contribution in [1.29, 1.82) is 0 Å². The normalized spacial score (nSPS) is 29.5. The molecule has 0 bridgehead atoms. The molecule has 0 aliphatic carbocycles. The van der Waals surface area contributed by atoms with E-state index in [2.05, 4.69) is 10.2 Å². The van der Waals surface area contributed by atoms with Gasteiger partial charge in [0.2, 0.25) is 17.7 Å². The molecule has 0 radical (unpaired) electrons. The third-order valence-corrected chi connectivity index (χ3v) is 8.33. The molecular formula is C26H27N3O5. The highest BCUT2D eigenvalue weighted by atomic mass is 16.5. The summed E-state index contributed by atoms with van der Waals surface area (Å²) in [6, 6.07) is 8.84. The lowest BCUT2D eigenvalue weighted by Crippen LogP contribution is -2.54. The van der Waals surface area contributed by atoms with E-state index in [1.165, 1.54) is 19.1 Å². The summed E-state index contributed by atoms with van der Waals surface area (Å²) in [5.74, 6) is -1.33. The number of carbonyl (C=O) groups excluding carboxylic acids is 3. The maximum absolute atomic E-state index is 14.2. The molecule has 4 atom stereocenters. The highest BCUT2D eigenvalue weighted by Crippen LogP contribution is 2.61. The van der Waals surface area contributed by atoms with Crippen molar-refractivity contribution in [2.75, 3.05) is 31.0 Å². The molecule has 0 aromatic heterocycles. The molecule has 3 saturated heterocycles. The van der Waals surface area contributed by atoms with E-state index in [0.29, 0.717) is 23.7 Å². The van der Waals surface area contributed by atoms with Crippen molar-refractivity contribution in [2.24, 2.45) is 11.8 Å². The van der Waals surface area contributed by atoms with Crippen LogP contribution in [-0.2, 0) is 19.9 Å². The predicted octanol–water partition coefficient (Wildman–Crippen LogP) is 2.75. The van der Waals surface area contributed by atoms with Crippen LogP contribution in [0.1, 0.15) is 29.5 Å². The minimum atomic E-state index is -1.19. The number of hydrogen-bond acceptors (Lipinski definition) is 6. The Morgan fingerprint density at radius 3 is 2.56 bits per heavy atom. The zero-order valence-electron chi connectivity index (χ0n) is 19.7. The monoisotopic (exact) mass is 461 g/mol. The van der Waals surface area contributed by atoms with Gasteiger partial charge in [-0.05, 0) is 56.5 Å². The van der Waals surface area contributed by atoms with Crippen LogP contribution in [-0.4, -0.2) is 49.4 Å². The second-order valence-electron chi connectivity index (χ2n) is 9.61. The van der Waals surface area contributed by atoms with Gasteiger partial charge in [0.1, 0.15) is 17.0 Å². The maximum atomic E-state index is 14.2. The quantitative estimate of drug-likeness (QED) is 0.708. The Kier molecular flexibility index (Phi) is 4.39. The third kappa shape index (κ3) is 2.34. The Labute approximate surface area is 197 Å². The molecule has 8 heteroatoms. The summed E-state index contributed by atoms with van der Waals surface area (Å²) in [5.41, 5.74) is 2.80. The first kappa shape index (κ1) is 21.2. The Morgan fingerprint density at radius 2 is 1.82 bits per heavy atom. The van der Waals surface area contributed by atoms with Gasteiger partial charge < -0.3 is 14.8 Å². The Hall–Kier alpha value is -3.39. The van der Waals surface area contributed by atoms with Crippen molar-refractivity contribution in [1.82, 2.24) is 4.90 Å². The van der Waals surface area contributed by atoms with Crippen molar-refractivity contribution in [2.45, 2.75) is 38.3 Å². The molecule has 1 spiro atoms. The molecule has 34 heavy (non-hydrogen) atoms. The zero-order chi connectivity index (χ0) is 23.9. The van der Waals surface area contributed by atoms with Crippen LogP contribution in [0.15, 0.2) is 30.3 Å². The summed E-state index contributed by atoms with van der Waals surface area (Å²) in [5, 5.41) is 3.09. The number of aryl methyl sites for hydroxylation is 1. The molecule has 4 aliphatic heterocycles. The van der Waals surface area contributed by atoms with Crippen molar-refractivity contribution < 1.29 is 23.9 Å². The summed E-state index contributed by atoms with van der Waals surface area (Å²) in [4.78, 5) is 45.3. The van der Waals surface area contributed by atoms with Crippen LogP contribution >= 0.6 is 0 Å². The van der Waals surface area contributed by atoms with Gasteiger partial charge in [-0.15, -0.1) is 0 Å². The number of imide groups is 1. The number of carbonyl (C=O) groups is 3. The fraction of sp³-hybridized carbons (Fsp3) is 0.423. The Balaban J connectivity index is 1.56. The molecule has 4 heterocycles. The van der Waals surface area contributed by atoms with Crippen LogP contribution < -0.4 is 19.7 Å². The van der Waals surface area contributed by atoms with Gasteiger partial charge in [-0.25, -0.2) is 4.90 Å². The van der Waals surface area contributed by atoms with Crippen molar-refractivity contribution in [3.63, 3.8) is 0 Å². The number of anilines is 2. The summed E-state index contributed by atoms with van der Waals surface area (Å²) in [7, 11) is 3.03. The van der Waals surface area contributed by atoms with Crippen LogP contribution in [0.3, 0.4) is 0 Å². The van der Waals surface area contributed by atoms with Crippen molar-refractivity contribution in [3.05, 3.63) is 47.0 Å². The predicted molar refractivity (Wildman–Crippen MR) is 125 cm³/mol. The molecule has 176 valence electrons. The average molecular weight is 462 g/mol. The number of methoxy groups -OCH3 is 2. The number of hydrogen-bond donors (Lipinski definition) is 1. The van der Waals surface area contributed by atoms with Gasteiger partial charge in [0.15, 0.2) is 0 Å². The van der Waals surface area contributed by atoms with E-state index in [4.69, 9.17) is 9.47 Å². The maximum Gasteiger partial charge on any atom is 0.250 e. The fourth-order valence-electron chi connectivity index (χ4n) is 6.73. The second kappa shape index (κ2) is 7.06. The average Bonchev–Trinajstić information content (AvgIpc) is 3.54. The Bertz CT molecular complexity index is 1270. The first-order valence-corrected chi connectivity index (χ1v) is 11.6. The molecular weight excluding hydrogens is 434 g/mol. The smallest absolute Gasteiger partial charge is 0.250 e. The van der Waals surface area contributed by atoms with Gasteiger partial charge in [0.05, 0.1) is 31.7 Å². The molecule has 6 rings (SSSR count). The fourth-order valence-corrected chi connectivity index (χ4v) is 6.73. The largest absolute Gasteiger partial charge is 0.497 e. The van der Waals surface area contributed by atoms with E-state index in [1.807, 2.05) is 26.0 Å². The summed E-state index contributed by atoms with van der Waals surface area (Å²) in [6.07, 6.45) is 1.66. The minimum Gasteiger partial charge on any atom is -0.497 e. The number of rotatable bonds is 3. The Morgan fingerprint density at radius 1 is 1.03 bits per heavy atom. The topological polar surface area (TPSA) is 88.2 Å². The number of nitrogens with one attached hydrogen (secondary N) is 1. The molecule has 3 fully saturated rings. The number of nitrogens with zero attached hydrogens (tertiary/aromatic N) is 2. The number of amides is 3. The van der Waals surface area contributed by atoms with Crippen LogP contribution in [0.25, 0.3) is 0 Å². The molecule has 2 aromatic carbocycles. The van der Waals surface area contributed by atoms with Gasteiger partial charge in [0, 0.05) is 23.4 Å².